The average Bonchev–Trinajstić information content (AvgIpc) is 2.28. The zero-order valence-electron chi connectivity index (χ0n) is 10.3. The van der Waals surface area contributed by atoms with Gasteiger partial charge in [0.1, 0.15) is 0 Å². The number of nitrogens with zero attached hydrogens (tertiary/aromatic N) is 1. The molecule has 0 radical (unpaired) electrons. The molecular formula is C12H12F3NO3. The van der Waals surface area contributed by atoms with Crippen molar-refractivity contribution < 1.29 is 22.9 Å². The Balaban J connectivity index is 3.42. The number of hydrogen-bond acceptors (Lipinski definition) is 3. The van der Waals surface area contributed by atoms with Crippen LogP contribution in [0.2, 0.25) is 0 Å². The number of alkyl halides is 3. The minimum absolute atomic E-state index is 0.208. The summed E-state index contributed by atoms with van der Waals surface area (Å²) in [5.41, 5.74) is -3.40. The molecule has 0 fully saturated rings. The molecule has 1 rings (SSSR count). The number of rotatable bonds is 4. The van der Waals surface area contributed by atoms with Crippen LogP contribution in [0.4, 0.5) is 13.2 Å². The second-order valence-electron chi connectivity index (χ2n) is 4.10. The first-order valence-electron chi connectivity index (χ1n) is 5.49. The Morgan fingerprint density at radius 3 is 2.00 bits per heavy atom. The third-order valence-electron chi connectivity index (χ3n) is 3.06. The molecule has 0 aliphatic carbocycles. The predicted octanol–water partition coefficient (Wildman–Crippen LogP) is 3.33. The second-order valence-corrected chi connectivity index (χ2v) is 4.10. The molecule has 1 aromatic rings. The molecule has 0 bridgehead atoms. The van der Waals surface area contributed by atoms with Gasteiger partial charge in [0.15, 0.2) is 5.78 Å². The van der Waals surface area contributed by atoms with Gasteiger partial charge in [0, 0.05) is 22.5 Å². The molecule has 1 aromatic carbocycles. The summed E-state index contributed by atoms with van der Waals surface area (Å²) in [6, 6.07) is 4.29. The van der Waals surface area contributed by atoms with Crippen LogP contribution in [0.15, 0.2) is 24.3 Å². The zero-order valence-corrected chi connectivity index (χ0v) is 10.3. The summed E-state index contributed by atoms with van der Waals surface area (Å²) in [4.78, 5) is 20.7. The molecule has 0 N–H and O–H groups in total. The molecular weight excluding hydrogens is 263 g/mol. The van der Waals surface area contributed by atoms with E-state index in [1.165, 1.54) is 6.92 Å². The van der Waals surface area contributed by atoms with E-state index >= 15 is 0 Å². The summed E-state index contributed by atoms with van der Waals surface area (Å²) >= 11 is 0. The lowest BCUT2D eigenvalue weighted by molar-refractivity contribution is -0.624. The molecule has 1 unspecified atom stereocenters. The van der Waals surface area contributed by atoms with Crippen LogP contribution in [0.3, 0.4) is 0 Å². The van der Waals surface area contributed by atoms with Crippen molar-refractivity contribution in [1.29, 1.82) is 0 Å². The van der Waals surface area contributed by atoms with Gasteiger partial charge in [-0.15, -0.1) is 0 Å². The van der Waals surface area contributed by atoms with E-state index in [0.29, 0.717) is 0 Å². The van der Waals surface area contributed by atoms with Crippen LogP contribution in [0, 0.1) is 10.1 Å². The highest BCUT2D eigenvalue weighted by atomic mass is 19.4. The Morgan fingerprint density at radius 2 is 1.74 bits per heavy atom. The van der Waals surface area contributed by atoms with Gasteiger partial charge in [0.25, 0.3) is 0 Å². The normalized spacial score (nSPS) is 14.8. The number of carbonyl (C=O) groups excluding carboxylic acids is 1. The molecule has 0 heterocycles. The quantitative estimate of drug-likeness (QED) is 0.481. The van der Waals surface area contributed by atoms with Gasteiger partial charge in [-0.05, 0) is 6.92 Å². The lowest BCUT2D eigenvalue weighted by Gasteiger charge is -2.26. The first kappa shape index (κ1) is 15.1. The van der Waals surface area contributed by atoms with Crippen molar-refractivity contribution in [2.75, 3.05) is 0 Å². The topological polar surface area (TPSA) is 60.2 Å². The SMILES string of the molecule is CCC(c1ccc(C(C)=O)cc1)([N+](=O)[O-])C(F)(F)F. The van der Waals surface area contributed by atoms with Gasteiger partial charge in [0.05, 0.1) is 0 Å². The van der Waals surface area contributed by atoms with Crippen LogP contribution >= 0.6 is 0 Å². The van der Waals surface area contributed by atoms with Crippen molar-refractivity contribution in [1.82, 2.24) is 0 Å². The van der Waals surface area contributed by atoms with E-state index < -0.39 is 28.6 Å². The highest BCUT2D eigenvalue weighted by molar-refractivity contribution is 5.94. The summed E-state index contributed by atoms with van der Waals surface area (Å²) in [6.45, 7) is 2.37. The molecule has 0 aliphatic heterocycles. The molecule has 0 saturated heterocycles. The minimum Gasteiger partial charge on any atom is -0.295 e. The Labute approximate surface area is 107 Å². The highest BCUT2D eigenvalue weighted by Gasteiger charge is 2.65. The third kappa shape index (κ3) is 2.45. The van der Waals surface area contributed by atoms with Gasteiger partial charge in [-0.1, -0.05) is 31.2 Å². The monoisotopic (exact) mass is 275 g/mol. The van der Waals surface area contributed by atoms with E-state index in [0.717, 1.165) is 31.2 Å². The Morgan fingerprint density at radius 1 is 1.26 bits per heavy atom. The molecule has 0 aliphatic rings. The van der Waals surface area contributed by atoms with Gasteiger partial charge >= 0.3 is 11.7 Å². The maximum atomic E-state index is 13.1. The van der Waals surface area contributed by atoms with E-state index in [4.69, 9.17) is 0 Å². The van der Waals surface area contributed by atoms with Gasteiger partial charge in [-0.2, -0.15) is 13.2 Å². The Hall–Kier alpha value is -1.92. The lowest BCUT2D eigenvalue weighted by atomic mass is 9.86. The first-order chi connectivity index (χ1) is 8.66. The standard InChI is InChI=1S/C12H12F3NO3/c1-3-11(16(18)19,12(13,14)15)10-6-4-9(5-7-10)8(2)17/h4-7H,3H2,1-2H3. The number of Topliss-reactive ketones (excluding diaryl/α,β-unsaturated/α-hetero) is 1. The van der Waals surface area contributed by atoms with E-state index in [1.54, 1.807) is 0 Å². The summed E-state index contributed by atoms with van der Waals surface area (Å²) in [5.74, 6) is -0.318. The number of hydrogen-bond donors (Lipinski definition) is 0. The van der Waals surface area contributed by atoms with E-state index in [1.807, 2.05) is 0 Å². The average molecular weight is 275 g/mol. The summed E-state index contributed by atoms with van der Waals surface area (Å²) in [5, 5.41) is 10.9. The van der Waals surface area contributed by atoms with Crippen molar-refractivity contribution in [3.63, 3.8) is 0 Å². The van der Waals surface area contributed by atoms with Crippen LogP contribution in [0.25, 0.3) is 0 Å². The molecule has 104 valence electrons. The molecule has 1 atom stereocenters. The van der Waals surface area contributed by atoms with Crippen molar-refractivity contribution in [3.8, 4) is 0 Å². The van der Waals surface area contributed by atoms with Crippen LogP contribution in [-0.2, 0) is 5.54 Å². The molecule has 0 saturated carbocycles. The molecule has 0 spiro atoms. The van der Waals surface area contributed by atoms with Crippen molar-refractivity contribution in [3.05, 3.63) is 45.5 Å². The minimum atomic E-state index is -5.01. The molecule has 19 heavy (non-hydrogen) atoms. The smallest absolute Gasteiger partial charge is 0.295 e. The second kappa shape index (κ2) is 4.99. The van der Waals surface area contributed by atoms with Crippen LogP contribution in [-0.4, -0.2) is 16.9 Å². The van der Waals surface area contributed by atoms with E-state index in [-0.39, 0.29) is 11.3 Å². The van der Waals surface area contributed by atoms with Crippen LogP contribution in [0.1, 0.15) is 36.2 Å². The third-order valence-corrected chi connectivity index (χ3v) is 3.06. The first-order valence-corrected chi connectivity index (χ1v) is 5.49. The molecule has 0 amide bonds. The largest absolute Gasteiger partial charge is 0.465 e. The zero-order chi connectivity index (χ0) is 14.8. The Bertz CT molecular complexity index is 496. The predicted molar refractivity (Wildman–Crippen MR) is 61.5 cm³/mol. The number of benzene rings is 1. The van der Waals surface area contributed by atoms with E-state index in [9.17, 15) is 28.1 Å². The fourth-order valence-electron chi connectivity index (χ4n) is 1.89. The highest BCUT2D eigenvalue weighted by Crippen LogP contribution is 2.44. The number of ketones is 1. The number of halogens is 3. The van der Waals surface area contributed by atoms with Crippen LogP contribution in [0.5, 0.6) is 0 Å². The molecule has 0 aromatic heterocycles. The fraction of sp³-hybridized carbons (Fsp3) is 0.417. The molecule has 4 nitrogen and oxygen atoms in total. The summed E-state index contributed by atoms with van der Waals surface area (Å²) < 4.78 is 39.2. The van der Waals surface area contributed by atoms with Crippen molar-refractivity contribution in [2.45, 2.75) is 32.0 Å². The fourth-order valence-corrected chi connectivity index (χ4v) is 1.89. The number of nitro groups is 1. The van der Waals surface area contributed by atoms with Gasteiger partial charge in [-0.3, -0.25) is 14.9 Å². The maximum absolute atomic E-state index is 13.1. The van der Waals surface area contributed by atoms with Crippen molar-refractivity contribution in [2.24, 2.45) is 0 Å². The van der Waals surface area contributed by atoms with Gasteiger partial charge < -0.3 is 0 Å². The molecule has 7 heteroatoms. The summed E-state index contributed by atoms with van der Waals surface area (Å²) in [7, 11) is 0. The Kier molecular flexibility index (Phi) is 3.97. The van der Waals surface area contributed by atoms with Crippen LogP contribution < -0.4 is 0 Å². The lowest BCUT2D eigenvalue weighted by Crippen LogP contribution is -2.48. The summed E-state index contributed by atoms with van der Waals surface area (Å²) in [6.07, 6.45) is -5.73. The van der Waals surface area contributed by atoms with Gasteiger partial charge in [-0.25, -0.2) is 0 Å². The van der Waals surface area contributed by atoms with Gasteiger partial charge in [0.2, 0.25) is 0 Å². The number of carbonyl (C=O) groups is 1. The van der Waals surface area contributed by atoms with E-state index in [2.05, 4.69) is 0 Å². The van der Waals surface area contributed by atoms with Crippen molar-refractivity contribution >= 4 is 5.78 Å². The maximum Gasteiger partial charge on any atom is 0.465 e.